The van der Waals surface area contributed by atoms with E-state index in [0.717, 1.165) is 11.6 Å². The number of benzene rings is 1. The summed E-state index contributed by atoms with van der Waals surface area (Å²) in [6, 6.07) is 8.02. The predicted octanol–water partition coefficient (Wildman–Crippen LogP) is 3.25. The van der Waals surface area contributed by atoms with E-state index in [2.05, 4.69) is 17.4 Å². The Balaban J connectivity index is 2.06. The number of rotatable bonds is 6. The highest BCUT2D eigenvalue weighted by atomic mass is 35.5. The number of nitrogens with one attached hydrogen (secondary N) is 1. The maximum absolute atomic E-state index is 12.2. The van der Waals surface area contributed by atoms with Crippen molar-refractivity contribution in [3.63, 3.8) is 0 Å². The Morgan fingerprint density at radius 1 is 1.40 bits per heavy atom. The lowest BCUT2D eigenvalue weighted by molar-refractivity contribution is -0.131. The van der Waals surface area contributed by atoms with Crippen LogP contribution in [0.4, 0.5) is 0 Å². The molecule has 20 heavy (non-hydrogen) atoms. The first kappa shape index (κ1) is 15.3. The van der Waals surface area contributed by atoms with Crippen molar-refractivity contribution in [3.8, 4) is 0 Å². The number of carbonyl (C=O) groups is 1. The normalized spacial score (nSPS) is 17.6. The van der Waals surface area contributed by atoms with Crippen molar-refractivity contribution >= 4 is 17.5 Å². The fourth-order valence-corrected chi connectivity index (χ4v) is 2.56. The molecule has 2 atom stereocenters. The monoisotopic (exact) mass is 294 g/mol. The van der Waals surface area contributed by atoms with Gasteiger partial charge in [0.1, 0.15) is 0 Å². The highest BCUT2D eigenvalue weighted by Gasteiger charge is 2.34. The Bertz CT molecular complexity index is 456. The molecule has 0 heterocycles. The highest BCUT2D eigenvalue weighted by molar-refractivity contribution is 6.30. The third-order valence-corrected chi connectivity index (χ3v) is 4.23. The largest absolute Gasteiger partial charge is 0.345 e. The molecule has 0 bridgehead atoms. The second kappa shape index (κ2) is 6.59. The van der Waals surface area contributed by atoms with Crippen LogP contribution in [-0.2, 0) is 4.79 Å². The molecule has 4 heteroatoms. The summed E-state index contributed by atoms with van der Waals surface area (Å²) in [5.74, 6) is 0.783. The van der Waals surface area contributed by atoms with Gasteiger partial charge in [-0.15, -0.1) is 0 Å². The molecule has 0 spiro atoms. The summed E-state index contributed by atoms with van der Waals surface area (Å²) in [6.07, 6.45) is 2.45. The molecule has 1 saturated carbocycles. The van der Waals surface area contributed by atoms with Gasteiger partial charge in [-0.05, 0) is 50.3 Å². The zero-order valence-corrected chi connectivity index (χ0v) is 13.2. The van der Waals surface area contributed by atoms with Crippen molar-refractivity contribution < 1.29 is 4.79 Å². The molecule has 0 saturated heterocycles. The first-order chi connectivity index (χ1) is 9.52. The zero-order chi connectivity index (χ0) is 14.7. The molecular weight excluding hydrogens is 272 g/mol. The maximum atomic E-state index is 12.2. The lowest BCUT2D eigenvalue weighted by Crippen LogP contribution is -2.44. The summed E-state index contributed by atoms with van der Waals surface area (Å²) >= 11 is 5.95. The van der Waals surface area contributed by atoms with Crippen molar-refractivity contribution in [1.29, 1.82) is 0 Å². The molecule has 3 nitrogen and oxygen atoms in total. The average molecular weight is 295 g/mol. The van der Waals surface area contributed by atoms with E-state index in [1.165, 1.54) is 18.4 Å². The Hall–Kier alpha value is -1.06. The minimum absolute atomic E-state index is 0.145. The minimum Gasteiger partial charge on any atom is -0.345 e. The van der Waals surface area contributed by atoms with E-state index in [1.54, 1.807) is 4.90 Å². The van der Waals surface area contributed by atoms with Crippen molar-refractivity contribution in [1.82, 2.24) is 10.2 Å². The summed E-state index contributed by atoms with van der Waals surface area (Å²) in [5.41, 5.74) is 1.22. The van der Waals surface area contributed by atoms with Gasteiger partial charge in [0, 0.05) is 24.7 Å². The quantitative estimate of drug-likeness (QED) is 0.873. The van der Waals surface area contributed by atoms with E-state index in [1.807, 2.05) is 33.0 Å². The van der Waals surface area contributed by atoms with Crippen LogP contribution >= 0.6 is 11.6 Å². The smallest absolute Gasteiger partial charge is 0.239 e. The first-order valence-corrected chi connectivity index (χ1v) is 7.67. The molecule has 2 unspecified atom stereocenters. The van der Waals surface area contributed by atoms with Gasteiger partial charge in [0.15, 0.2) is 0 Å². The average Bonchev–Trinajstić information content (AvgIpc) is 3.28. The van der Waals surface area contributed by atoms with Crippen molar-refractivity contribution in [2.24, 2.45) is 5.92 Å². The fourth-order valence-electron chi connectivity index (χ4n) is 2.43. The fraction of sp³-hybridized carbons (Fsp3) is 0.562. The number of nitrogens with zero attached hydrogens (tertiary/aromatic N) is 1. The van der Waals surface area contributed by atoms with Gasteiger partial charge in [-0.25, -0.2) is 0 Å². The van der Waals surface area contributed by atoms with Crippen molar-refractivity contribution in [2.75, 3.05) is 13.6 Å². The summed E-state index contributed by atoms with van der Waals surface area (Å²) in [7, 11) is 1.84. The molecule has 2 rings (SSSR count). The molecular formula is C16H23ClN2O. The van der Waals surface area contributed by atoms with E-state index in [9.17, 15) is 4.79 Å². The molecule has 110 valence electrons. The Labute approximate surface area is 126 Å². The molecule has 1 fully saturated rings. The summed E-state index contributed by atoms with van der Waals surface area (Å²) in [4.78, 5) is 13.9. The lowest BCUT2D eigenvalue weighted by atomic mass is 10.0. The van der Waals surface area contributed by atoms with Crippen molar-refractivity contribution in [3.05, 3.63) is 34.9 Å². The Morgan fingerprint density at radius 2 is 2.00 bits per heavy atom. The van der Waals surface area contributed by atoms with Crippen LogP contribution in [0.25, 0.3) is 0 Å². The Morgan fingerprint density at radius 3 is 2.50 bits per heavy atom. The molecule has 1 aliphatic rings. The van der Waals surface area contributed by atoms with Gasteiger partial charge in [0.25, 0.3) is 0 Å². The second-order valence-corrected chi connectivity index (χ2v) is 6.04. The van der Waals surface area contributed by atoms with Gasteiger partial charge in [-0.1, -0.05) is 23.7 Å². The summed E-state index contributed by atoms with van der Waals surface area (Å²) in [5, 5.41) is 4.24. The first-order valence-electron chi connectivity index (χ1n) is 7.29. The number of likely N-dealkylation sites (N-methyl/N-ethyl adjacent to an activating group) is 1. The van der Waals surface area contributed by atoms with Crippen LogP contribution in [0.5, 0.6) is 0 Å². The van der Waals surface area contributed by atoms with Crippen LogP contribution in [-0.4, -0.2) is 30.4 Å². The van der Waals surface area contributed by atoms with Gasteiger partial charge < -0.3 is 4.90 Å². The SMILES string of the molecule is CCN(C)C(=O)C(C)NC(c1ccc(Cl)cc1)C1CC1. The van der Waals surface area contributed by atoms with Crippen LogP contribution in [0.2, 0.25) is 5.02 Å². The molecule has 1 N–H and O–H groups in total. The number of hydrogen-bond donors (Lipinski definition) is 1. The molecule has 0 aromatic heterocycles. The van der Waals surface area contributed by atoms with Crippen LogP contribution in [0.15, 0.2) is 24.3 Å². The van der Waals surface area contributed by atoms with Crippen molar-refractivity contribution in [2.45, 2.75) is 38.8 Å². The molecule has 1 aromatic carbocycles. The van der Waals surface area contributed by atoms with E-state index in [4.69, 9.17) is 11.6 Å². The molecule has 0 aliphatic heterocycles. The summed E-state index contributed by atoms with van der Waals surface area (Å²) < 4.78 is 0. The molecule has 1 aliphatic carbocycles. The number of hydrogen-bond acceptors (Lipinski definition) is 2. The molecule has 0 radical (unpaired) electrons. The number of amides is 1. The Kier molecular flexibility index (Phi) is 5.06. The molecule has 1 amide bonds. The predicted molar refractivity (Wildman–Crippen MR) is 82.8 cm³/mol. The standard InChI is InChI=1S/C16H23ClN2O/c1-4-19(3)16(20)11(2)18-15(12-5-6-12)13-7-9-14(17)10-8-13/h7-12,15,18H,4-6H2,1-3H3. The minimum atomic E-state index is -0.166. The van der Waals surface area contributed by atoms with Crippen LogP contribution in [0.1, 0.15) is 38.3 Å². The third-order valence-electron chi connectivity index (χ3n) is 3.97. The van der Waals surface area contributed by atoms with Gasteiger partial charge in [-0.3, -0.25) is 10.1 Å². The van der Waals surface area contributed by atoms with E-state index in [-0.39, 0.29) is 18.0 Å². The molecule has 1 aromatic rings. The number of carbonyl (C=O) groups excluding carboxylic acids is 1. The van der Waals surface area contributed by atoms with E-state index >= 15 is 0 Å². The topological polar surface area (TPSA) is 32.3 Å². The second-order valence-electron chi connectivity index (χ2n) is 5.61. The van der Waals surface area contributed by atoms with E-state index < -0.39 is 0 Å². The number of halogens is 1. The van der Waals surface area contributed by atoms with Gasteiger partial charge in [0.2, 0.25) is 5.91 Å². The third kappa shape index (κ3) is 3.74. The maximum Gasteiger partial charge on any atom is 0.239 e. The van der Waals surface area contributed by atoms with Crippen LogP contribution < -0.4 is 5.32 Å². The van der Waals surface area contributed by atoms with Crippen LogP contribution in [0, 0.1) is 5.92 Å². The zero-order valence-electron chi connectivity index (χ0n) is 12.4. The lowest BCUT2D eigenvalue weighted by Gasteiger charge is -2.26. The highest BCUT2D eigenvalue weighted by Crippen LogP contribution is 2.41. The van der Waals surface area contributed by atoms with Gasteiger partial charge in [0.05, 0.1) is 6.04 Å². The van der Waals surface area contributed by atoms with Gasteiger partial charge in [-0.2, -0.15) is 0 Å². The van der Waals surface area contributed by atoms with E-state index in [0.29, 0.717) is 5.92 Å². The summed E-state index contributed by atoms with van der Waals surface area (Å²) in [6.45, 7) is 4.67. The van der Waals surface area contributed by atoms with Crippen LogP contribution in [0.3, 0.4) is 0 Å². The van der Waals surface area contributed by atoms with Gasteiger partial charge >= 0.3 is 0 Å².